The predicted octanol–water partition coefficient (Wildman–Crippen LogP) is 1.05. The van der Waals surface area contributed by atoms with Gasteiger partial charge >= 0.3 is 0 Å². The van der Waals surface area contributed by atoms with Gasteiger partial charge in [0.25, 0.3) is 0 Å². The molecule has 0 spiro atoms. The van der Waals surface area contributed by atoms with Crippen molar-refractivity contribution in [3.8, 4) is 0 Å². The van der Waals surface area contributed by atoms with E-state index in [1.807, 2.05) is 13.8 Å². The summed E-state index contributed by atoms with van der Waals surface area (Å²) >= 11 is 0. The van der Waals surface area contributed by atoms with Crippen LogP contribution in [0.1, 0.15) is 34.1 Å². The van der Waals surface area contributed by atoms with Gasteiger partial charge in [-0.05, 0) is 26.4 Å². The number of likely N-dealkylation sites (N-methyl/N-ethyl adjacent to an activating group) is 1. The molecule has 1 atom stereocenters. The quantitative estimate of drug-likeness (QED) is 0.685. The third-order valence-electron chi connectivity index (χ3n) is 2.51. The Morgan fingerprint density at radius 1 is 1.20 bits per heavy atom. The molecule has 0 bridgehead atoms. The number of sulfonamides is 1. The molecule has 0 fully saturated rings. The molecule has 0 rings (SSSR count). The highest BCUT2D eigenvalue weighted by atomic mass is 32.2. The number of nitrogens with zero attached hydrogens (tertiary/aromatic N) is 1. The normalized spacial score (nSPS) is 14.5. The van der Waals surface area contributed by atoms with Crippen LogP contribution in [0.3, 0.4) is 0 Å². The van der Waals surface area contributed by atoms with Gasteiger partial charge in [0, 0.05) is 12.6 Å². The Balaban J connectivity index is 4.04. The summed E-state index contributed by atoms with van der Waals surface area (Å²) in [4.78, 5) is 2.23. The molecule has 0 heterocycles. The first kappa shape index (κ1) is 14.9. The summed E-state index contributed by atoms with van der Waals surface area (Å²) < 4.78 is 25.4. The van der Waals surface area contributed by atoms with Crippen LogP contribution in [0.5, 0.6) is 0 Å². The highest BCUT2D eigenvalue weighted by molar-refractivity contribution is 7.89. The molecule has 0 aliphatic heterocycles. The lowest BCUT2D eigenvalue weighted by molar-refractivity contribution is 0.232. The van der Waals surface area contributed by atoms with Gasteiger partial charge in [-0.15, -0.1) is 0 Å². The van der Waals surface area contributed by atoms with Crippen LogP contribution < -0.4 is 4.72 Å². The fourth-order valence-corrected chi connectivity index (χ4v) is 2.74. The molecule has 0 aliphatic rings. The largest absolute Gasteiger partial charge is 0.300 e. The minimum absolute atomic E-state index is 0.220. The van der Waals surface area contributed by atoms with Crippen LogP contribution in [-0.4, -0.2) is 44.7 Å². The highest BCUT2D eigenvalue weighted by Crippen LogP contribution is 1.98. The van der Waals surface area contributed by atoms with Crippen molar-refractivity contribution in [2.45, 2.75) is 40.2 Å². The van der Waals surface area contributed by atoms with Gasteiger partial charge in [0.1, 0.15) is 0 Å². The first-order chi connectivity index (χ1) is 6.96. The van der Waals surface area contributed by atoms with E-state index in [2.05, 4.69) is 23.5 Å². The molecule has 0 saturated carbocycles. The predicted molar refractivity (Wildman–Crippen MR) is 64.5 cm³/mol. The van der Waals surface area contributed by atoms with Crippen LogP contribution >= 0.6 is 0 Å². The Morgan fingerprint density at radius 2 is 1.73 bits per heavy atom. The average Bonchev–Trinajstić information content (AvgIpc) is 2.17. The zero-order valence-corrected chi connectivity index (χ0v) is 11.1. The fourth-order valence-electron chi connectivity index (χ4n) is 1.56. The first-order valence-corrected chi connectivity index (χ1v) is 7.33. The van der Waals surface area contributed by atoms with E-state index in [1.54, 1.807) is 0 Å². The van der Waals surface area contributed by atoms with Gasteiger partial charge < -0.3 is 0 Å². The van der Waals surface area contributed by atoms with Crippen molar-refractivity contribution in [2.75, 3.05) is 25.4 Å². The van der Waals surface area contributed by atoms with E-state index in [-0.39, 0.29) is 11.8 Å². The van der Waals surface area contributed by atoms with Crippen molar-refractivity contribution in [3.63, 3.8) is 0 Å². The monoisotopic (exact) mass is 236 g/mol. The number of rotatable bonds is 8. The number of hydrogen-bond acceptors (Lipinski definition) is 3. The molecule has 92 valence electrons. The summed E-state index contributed by atoms with van der Waals surface area (Å²) in [6, 6.07) is 0.256. The zero-order valence-electron chi connectivity index (χ0n) is 10.3. The van der Waals surface area contributed by atoms with E-state index in [4.69, 9.17) is 0 Å². The molecule has 15 heavy (non-hydrogen) atoms. The number of hydrogen-bond donors (Lipinski definition) is 1. The lowest BCUT2D eigenvalue weighted by Crippen LogP contribution is -2.42. The summed E-state index contributed by atoms with van der Waals surface area (Å²) in [7, 11) is -3.05. The average molecular weight is 236 g/mol. The van der Waals surface area contributed by atoms with Gasteiger partial charge in [-0.1, -0.05) is 20.8 Å². The molecular weight excluding hydrogens is 212 g/mol. The van der Waals surface area contributed by atoms with E-state index in [1.165, 1.54) is 0 Å². The molecule has 0 radical (unpaired) electrons. The van der Waals surface area contributed by atoms with E-state index < -0.39 is 10.0 Å². The summed E-state index contributed by atoms with van der Waals surface area (Å²) in [5.41, 5.74) is 0. The van der Waals surface area contributed by atoms with Crippen LogP contribution in [-0.2, 0) is 10.0 Å². The topological polar surface area (TPSA) is 49.4 Å². The summed E-state index contributed by atoms with van der Waals surface area (Å²) in [6.45, 7) is 10.5. The second kappa shape index (κ2) is 7.19. The van der Waals surface area contributed by atoms with Gasteiger partial charge in [0.05, 0.1) is 5.75 Å². The van der Waals surface area contributed by atoms with Gasteiger partial charge in [-0.3, -0.25) is 4.90 Å². The Bertz CT molecular complexity index is 248. The maximum Gasteiger partial charge on any atom is 0.211 e. The van der Waals surface area contributed by atoms with Gasteiger partial charge in [-0.25, -0.2) is 13.1 Å². The molecule has 0 aromatic rings. The second-order valence-corrected chi connectivity index (χ2v) is 5.66. The second-order valence-electron chi connectivity index (χ2n) is 3.74. The summed E-state index contributed by atoms with van der Waals surface area (Å²) in [6.07, 6.45) is 0.662. The maximum absolute atomic E-state index is 11.4. The first-order valence-electron chi connectivity index (χ1n) is 5.68. The summed E-state index contributed by atoms with van der Waals surface area (Å²) in [5.74, 6) is 0.220. The minimum Gasteiger partial charge on any atom is -0.300 e. The molecule has 0 aliphatic carbocycles. The van der Waals surface area contributed by atoms with Crippen molar-refractivity contribution in [1.29, 1.82) is 0 Å². The SMILES string of the molecule is CCCS(=O)(=O)NCC(C)N(CC)CC. The molecular formula is C10H24N2O2S. The van der Waals surface area contributed by atoms with E-state index in [9.17, 15) is 8.42 Å². The summed E-state index contributed by atoms with van der Waals surface area (Å²) in [5, 5.41) is 0. The van der Waals surface area contributed by atoms with Gasteiger partial charge in [0.15, 0.2) is 0 Å². The Morgan fingerprint density at radius 3 is 2.13 bits per heavy atom. The number of nitrogens with one attached hydrogen (secondary N) is 1. The van der Waals surface area contributed by atoms with Crippen molar-refractivity contribution in [2.24, 2.45) is 0 Å². The lowest BCUT2D eigenvalue weighted by Gasteiger charge is -2.26. The molecule has 0 aromatic carbocycles. The van der Waals surface area contributed by atoms with Crippen molar-refractivity contribution in [3.05, 3.63) is 0 Å². The minimum atomic E-state index is -3.05. The molecule has 0 saturated heterocycles. The van der Waals surface area contributed by atoms with Crippen LogP contribution in [0.4, 0.5) is 0 Å². The maximum atomic E-state index is 11.4. The van der Waals surface area contributed by atoms with Crippen LogP contribution in [0.15, 0.2) is 0 Å². The Labute approximate surface area is 94.1 Å². The zero-order chi connectivity index (χ0) is 11.9. The molecule has 0 amide bonds. The molecule has 0 aromatic heterocycles. The molecule has 5 heteroatoms. The van der Waals surface area contributed by atoms with E-state index >= 15 is 0 Å². The molecule has 1 unspecified atom stereocenters. The Hall–Kier alpha value is -0.130. The highest BCUT2D eigenvalue weighted by Gasteiger charge is 2.14. The molecule has 4 nitrogen and oxygen atoms in total. The fraction of sp³-hybridized carbons (Fsp3) is 1.00. The van der Waals surface area contributed by atoms with Crippen LogP contribution in [0, 0.1) is 0 Å². The van der Waals surface area contributed by atoms with Crippen molar-refractivity contribution >= 4 is 10.0 Å². The Kier molecular flexibility index (Phi) is 7.13. The van der Waals surface area contributed by atoms with Crippen LogP contribution in [0.25, 0.3) is 0 Å². The third kappa shape index (κ3) is 6.12. The third-order valence-corrected chi connectivity index (χ3v) is 4.06. The van der Waals surface area contributed by atoms with Gasteiger partial charge in [0.2, 0.25) is 10.0 Å². The van der Waals surface area contributed by atoms with E-state index in [0.717, 1.165) is 13.1 Å². The molecule has 1 N–H and O–H groups in total. The van der Waals surface area contributed by atoms with Crippen molar-refractivity contribution < 1.29 is 8.42 Å². The van der Waals surface area contributed by atoms with E-state index in [0.29, 0.717) is 13.0 Å². The lowest BCUT2D eigenvalue weighted by atomic mass is 10.3. The standard InChI is InChI=1S/C10H24N2O2S/c1-5-8-15(13,14)11-9-10(4)12(6-2)7-3/h10-11H,5-9H2,1-4H3. The van der Waals surface area contributed by atoms with Crippen LogP contribution in [0.2, 0.25) is 0 Å². The smallest absolute Gasteiger partial charge is 0.211 e. The van der Waals surface area contributed by atoms with Crippen molar-refractivity contribution in [1.82, 2.24) is 9.62 Å². The van der Waals surface area contributed by atoms with Gasteiger partial charge in [-0.2, -0.15) is 0 Å².